The summed E-state index contributed by atoms with van der Waals surface area (Å²) in [6, 6.07) is 3.25. The van der Waals surface area contributed by atoms with Crippen LogP contribution in [-0.4, -0.2) is 66.4 Å². The molecule has 10 heteroatoms. The quantitative estimate of drug-likeness (QED) is 0.570. The second-order valence-corrected chi connectivity index (χ2v) is 8.18. The maximum absolute atomic E-state index is 13.0. The number of alkyl halides is 3. The fourth-order valence-electron chi connectivity index (χ4n) is 3.51. The molecule has 1 aromatic rings. The molecule has 0 aromatic heterocycles. The van der Waals surface area contributed by atoms with Gasteiger partial charge in [-0.2, -0.15) is 13.2 Å². The van der Waals surface area contributed by atoms with E-state index >= 15 is 0 Å². The van der Waals surface area contributed by atoms with Crippen LogP contribution in [0.1, 0.15) is 32.3 Å². The first-order valence-corrected chi connectivity index (χ1v) is 10.8. The molecule has 32 heavy (non-hydrogen) atoms. The molecule has 0 radical (unpaired) electrons. The van der Waals surface area contributed by atoms with Crippen LogP contribution in [-0.2, 0) is 15.8 Å². The third-order valence-electron chi connectivity index (χ3n) is 5.62. The maximum atomic E-state index is 13.0. The first-order chi connectivity index (χ1) is 15.0. The molecule has 2 rings (SSSR count). The molecule has 0 spiro atoms. The topological polar surface area (TPSA) is 64.7 Å². The van der Waals surface area contributed by atoms with Crippen LogP contribution in [0.2, 0.25) is 5.02 Å². The molecule has 0 unspecified atom stereocenters. The first-order valence-electron chi connectivity index (χ1n) is 10.4. The lowest BCUT2D eigenvalue weighted by atomic mass is 9.94. The molecule has 0 atom stereocenters. The Balaban J connectivity index is 1.82. The lowest BCUT2D eigenvalue weighted by molar-refractivity contribution is -0.137. The van der Waals surface area contributed by atoms with Gasteiger partial charge in [-0.1, -0.05) is 31.4 Å². The maximum Gasteiger partial charge on any atom is 0.417 e. The zero-order valence-electron chi connectivity index (χ0n) is 18.2. The predicted molar refractivity (Wildman–Crippen MR) is 118 cm³/mol. The van der Waals surface area contributed by atoms with Gasteiger partial charge in [-0.3, -0.25) is 19.4 Å². The Bertz CT molecular complexity index is 858. The van der Waals surface area contributed by atoms with E-state index in [4.69, 9.17) is 18.0 Å². The third kappa shape index (κ3) is 7.12. The Kier molecular flexibility index (Phi) is 8.96. The summed E-state index contributed by atoms with van der Waals surface area (Å²) in [4.78, 5) is 28.5. The Morgan fingerprint density at radius 1 is 1.06 bits per heavy atom. The number of nitrogens with one attached hydrogen (secondary N) is 2. The molecule has 0 bridgehead atoms. The number of carbonyl (C=O) groups is 2. The number of anilines is 1. The minimum Gasteiger partial charge on any atom is -0.339 e. The van der Waals surface area contributed by atoms with E-state index in [9.17, 15) is 22.8 Å². The van der Waals surface area contributed by atoms with Gasteiger partial charge in [0, 0.05) is 31.9 Å². The van der Waals surface area contributed by atoms with Crippen LogP contribution in [0.3, 0.4) is 0 Å². The van der Waals surface area contributed by atoms with E-state index in [-0.39, 0.29) is 24.7 Å². The van der Waals surface area contributed by atoms with Gasteiger partial charge in [-0.15, -0.1) is 6.42 Å². The van der Waals surface area contributed by atoms with Crippen LogP contribution in [0.25, 0.3) is 0 Å². The van der Waals surface area contributed by atoms with Crippen LogP contribution in [0.4, 0.5) is 18.9 Å². The normalized spacial score (nSPS) is 15.8. The second kappa shape index (κ2) is 11.0. The highest BCUT2D eigenvalue weighted by atomic mass is 35.5. The van der Waals surface area contributed by atoms with Crippen LogP contribution < -0.4 is 10.6 Å². The Hall–Kier alpha value is -2.28. The van der Waals surface area contributed by atoms with Gasteiger partial charge in [-0.25, -0.2) is 0 Å². The molecule has 1 aromatic carbocycles. The number of benzene rings is 1. The molecule has 6 nitrogen and oxygen atoms in total. The number of hydrogen-bond donors (Lipinski definition) is 2. The number of carbonyl (C=O) groups excluding carboxylic acids is 2. The summed E-state index contributed by atoms with van der Waals surface area (Å²) in [7, 11) is 0. The Morgan fingerprint density at radius 2 is 1.59 bits per heavy atom. The molecular weight excluding hydrogens is 445 g/mol. The van der Waals surface area contributed by atoms with Crippen molar-refractivity contribution >= 4 is 29.1 Å². The van der Waals surface area contributed by atoms with Gasteiger partial charge in [0.2, 0.25) is 11.8 Å². The number of nitrogens with zero attached hydrogens (tertiary/aromatic N) is 2. The SMILES string of the molecule is C#CC(CC)(CC)NC(=O)CN1CCN(CC(=O)Nc2ccc(Cl)c(C(F)(F)F)c2)CC1. The first kappa shape index (κ1) is 26.0. The van der Waals surface area contributed by atoms with Crippen molar-refractivity contribution in [1.82, 2.24) is 15.1 Å². The van der Waals surface area contributed by atoms with Gasteiger partial charge in [-0.05, 0) is 31.0 Å². The van der Waals surface area contributed by atoms with Crippen molar-refractivity contribution in [2.75, 3.05) is 44.6 Å². The molecule has 1 aliphatic heterocycles. The minimum atomic E-state index is -4.60. The lowest BCUT2D eigenvalue weighted by Crippen LogP contribution is -2.54. The van der Waals surface area contributed by atoms with Crippen molar-refractivity contribution < 1.29 is 22.8 Å². The Labute approximate surface area is 191 Å². The fraction of sp³-hybridized carbons (Fsp3) is 0.545. The minimum absolute atomic E-state index is 0.0332. The van der Waals surface area contributed by atoms with Crippen LogP contribution >= 0.6 is 11.6 Å². The third-order valence-corrected chi connectivity index (χ3v) is 5.95. The summed E-state index contributed by atoms with van der Waals surface area (Å²) >= 11 is 5.60. The van der Waals surface area contributed by atoms with Crippen LogP contribution in [0.15, 0.2) is 18.2 Å². The molecule has 1 fully saturated rings. The zero-order chi connectivity index (χ0) is 23.9. The van der Waals surface area contributed by atoms with Gasteiger partial charge in [0.25, 0.3) is 0 Å². The molecule has 2 N–H and O–H groups in total. The van der Waals surface area contributed by atoms with Gasteiger partial charge in [0.15, 0.2) is 0 Å². The number of halogens is 4. The van der Waals surface area contributed by atoms with Crippen molar-refractivity contribution in [1.29, 1.82) is 0 Å². The van der Waals surface area contributed by atoms with Crippen molar-refractivity contribution in [3.63, 3.8) is 0 Å². The van der Waals surface area contributed by atoms with E-state index in [0.717, 1.165) is 12.1 Å². The van der Waals surface area contributed by atoms with E-state index < -0.39 is 28.2 Å². The van der Waals surface area contributed by atoms with Gasteiger partial charge in [0.05, 0.1) is 23.7 Å². The number of rotatable bonds is 8. The molecule has 0 aliphatic carbocycles. The largest absolute Gasteiger partial charge is 0.417 e. The van der Waals surface area contributed by atoms with Crippen molar-refractivity contribution in [3.05, 3.63) is 28.8 Å². The average molecular weight is 473 g/mol. The smallest absolute Gasteiger partial charge is 0.339 e. The second-order valence-electron chi connectivity index (χ2n) is 7.77. The van der Waals surface area contributed by atoms with Crippen molar-refractivity contribution in [2.24, 2.45) is 0 Å². The molecule has 176 valence electrons. The summed E-state index contributed by atoms with van der Waals surface area (Å²) in [5, 5.41) is 4.99. The molecular formula is C22H28ClF3N4O2. The van der Waals surface area contributed by atoms with E-state index in [2.05, 4.69) is 16.6 Å². The van der Waals surface area contributed by atoms with Crippen LogP contribution in [0, 0.1) is 12.3 Å². The van der Waals surface area contributed by atoms with E-state index in [1.165, 1.54) is 6.07 Å². The Morgan fingerprint density at radius 3 is 2.06 bits per heavy atom. The summed E-state index contributed by atoms with van der Waals surface area (Å²) in [5.74, 6) is 2.12. The van der Waals surface area contributed by atoms with Gasteiger partial charge >= 0.3 is 6.18 Å². The number of terminal acetylenes is 1. The average Bonchev–Trinajstić information content (AvgIpc) is 2.74. The number of amides is 2. The monoisotopic (exact) mass is 472 g/mol. The summed E-state index contributed by atoms with van der Waals surface area (Å²) in [6.45, 7) is 6.39. The summed E-state index contributed by atoms with van der Waals surface area (Å²) in [6.07, 6.45) is 2.27. The molecule has 0 saturated carbocycles. The molecule has 1 saturated heterocycles. The highest BCUT2D eigenvalue weighted by Crippen LogP contribution is 2.36. The summed E-state index contributed by atoms with van der Waals surface area (Å²) in [5.41, 5.74) is -1.60. The van der Waals surface area contributed by atoms with E-state index in [0.29, 0.717) is 39.0 Å². The standard InChI is InChI=1S/C22H28ClF3N4O2/c1-4-21(5-2,6-3)28-20(32)15-30-11-9-29(10-12-30)14-19(31)27-16-7-8-18(23)17(13-16)22(24,25)26/h1,7-8,13H,5-6,9-12,14-15H2,2-3H3,(H,27,31)(H,28,32). The van der Waals surface area contributed by atoms with E-state index in [1.807, 2.05) is 23.6 Å². The van der Waals surface area contributed by atoms with Gasteiger partial charge < -0.3 is 10.6 Å². The lowest BCUT2D eigenvalue weighted by Gasteiger charge is -2.35. The highest BCUT2D eigenvalue weighted by molar-refractivity contribution is 6.31. The van der Waals surface area contributed by atoms with Crippen LogP contribution in [0.5, 0.6) is 0 Å². The predicted octanol–water partition coefficient (Wildman–Crippen LogP) is 3.22. The summed E-state index contributed by atoms with van der Waals surface area (Å²) < 4.78 is 38.9. The van der Waals surface area contributed by atoms with Crippen molar-refractivity contribution in [3.8, 4) is 12.3 Å². The number of hydrogen-bond acceptors (Lipinski definition) is 4. The van der Waals surface area contributed by atoms with Crippen molar-refractivity contribution in [2.45, 2.75) is 38.4 Å². The highest BCUT2D eigenvalue weighted by Gasteiger charge is 2.33. The molecule has 2 amide bonds. The van der Waals surface area contributed by atoms with E-state index in [1.54, 1.807) is 0 Å². The fourth-order valence-corrected chi connectivity index (χ4v) is 3.73. The number of piperazine rings is 1. The zero-order valence-corrected chi connectivity index (χ0v) is 18.9. The molecule has 1 aliphatic rings. The molecule has 1 heterocycles. The van der Waals surface area contributed by atoms with Gasteiger partial charge in [0.1, 0.15) is 5.54 Å².